The van der Waals surface area contributed by atoms with Gasteiger partial charge in [0.25, 0.3) is 0 Å². The number of ether oxygens (including phenoxy) is 1. The molecule has 2 aromatic rings. The molecule has 0 radical (unpaired) electrons. The number of aromatic amines is 1. The van der Waals surface area contributed by atoms with E-state index in [1.54, 1.807) is 18.5 Å². The Morgan fingerprint density at radius 2 is 1.96 bits per heavy atom. The third-order valence-corrected chi connectivity index (χ3v) is 7.75. The molecule has 0 saturated carbocycles. The highest BCUT2D eigenvalue weighted by atomic mass is 32.2. The fourth-order valence-electron chi connectivity index (χ4n) is 4.42. The number of benzene rings is 1. The number of H-pyrrole nitrogens is 1. The summed E-state index contributed by atoms with van der Waals surface area (Å²) < 4.78 is 30.9. The number of rotatable bonds is 5. The smallest absolute Gasteiger partial charge is 0.178 e. The van der Waals surface area contributed by atoms with Crippen molar-refractivity contribution in [2.24, 2.45) is 0 Å². The Labute approximate surface area is 160 Å². The van der Waals surface area contributed by atoms with Gasteiger partial charge in [0.05, 0.1) is 28.2 Å². The molecule has 3 heterocycles. The highest BCUT2D eigenvalue weighted by molar-refractivity contribution is 7.91. The van der Waals surface area contributed by atoms with Gasteiger partial charge in [0.2, 0.25) is 0 Å². The molecule has 0 amide bonds. The first-order chi connectivity index (χ1) is 13.0. The zero-order chi connectivity index (χ0) is 18.9. The number of imidazole rings is 1. The molecular weight excluding hydrogens is 362 g/mol. The average molecular weight is 390 g/mol. The highest BCUT2D eigenvalue weighted by Gasteiger charge is 2.45. The molecule has 27 heavy (non-hydrogen) atoms. The molecule has 1 spiro atoms. The monoisotopic (exact) mass is 389 g/mol. The summed E-state index contributed by atoms with van der Waals surface area (Å²) in [7, 11) is -3.24. The zero-order valence-electron chi connectivity index (χ0n) is 15.8. The van der Waals surface area contributed by atoms with E-state index in [-0.39, 0.29) is 11.3 Å². The molecule has 1 fully saturated rings. The lowest BCUT2D eigenvalue weighted by Gasteiger charge is -2.48. The molecule has 1 aromatic carbocycles. The minimum atomic E-state index is -3.24. The van der Waals surface area contributed by atoms with Gasteiger partial charge in [-0.15, -0.1) is 0 Å². The van der Waals surface area contributed by atoms with E-state index in [1.807, 2.05) is 19.1 Å². The van der Waals surface area contributed by atoms with Gasteiger partial charge in [0, 0.05) is 38.4 Å². The van der Waals surface area contributed by atoms with Crippen molar-refractivity contribution in [3.63, 3.8) is 0 Å². The number of aromatic nitrogens is 2. The number of fused-ring (bicyclic) bond motifs is 2. The Morgan fingerprint density at radius 3 is 2.70 bits per heavy atom. The predicted molar refractivity (Wildman–Crippen MR) is 103 cm³/mol. The third kappa shape index (κ3) is 3.56. The molecule has 0 unspecified atom stereocenters. The van der Waals surface area contributed by atoms with Crippen LogP contribution in [0.15, 0.2) is 35.5 Å². The van der Waals surface area contributed by atoms with Crippen LogP contribution in [0.1, 0.15) is 36.2 Å². The molecule has 0 atom stereocenters. The maximum Gasteiger partial charge on any atom is 0.178 e. The van der Waals surface area contributed by atoms with Gasteiger partial charge in [-0.05, 0) is 38.3 Å². The van der Waals surface area contributed by atoms with Crippen LogP contribution in [0.2, 0.25) is 0 Å². The van der Waals surface area contributed by atoms with E-state index < -0.39 is 9.84 Å². The predicted octanol–water partition coefficient (Wildman–Crippen LogP) is 2.45. The topological polar surface area (TPSA) is 75.3 Å². The molecular formula is C20H27N3O3S. The van der Waals surface area contributed by atoms with Crippen molar-refractivity contribution in [2.75, 3.05) is 32.1 Å². The van der Waals surface area contributed by atoms with Gasteiger partial charge in [0.15, 0.2) is 9.84 Å². The minimum Gasteiger partial charge on any atom is -0.381 e. The zero-order valence-corrected chi connectivity index (χ0v) is 16.6. The molecule has 146 valence electrons. The fourth-order valence-corrected chi connectivity index (χ4v) is 5.72. The second kappa shape index (κ2) is 7.37. The summed E-state index contributed by atoms with van der Waals surface area (Å²) in [5.41, 5.74) is 3.32. The van der Waals surface area contributed by atoms with E-state index >= 15 is 0 Å². The SMILES string of the molecule is Cc1ccc(S(=O)(=O)CCCN2CCc3[nH]cnc3C23CCOCC3)cc1. The van der Waals surface area contributed by atoms with E-state index in [1.165, 1.54) is 5.69 Å². The number of aryl methyl sites for hydroxylation is 1. The van der Waals surface area contributed by atoms with Crippen molar-refractivity contribution >= 4 is 9.84 Å². The van der Waals surface area contributed by atoms with Crippen molar-refractivity contribution < 1.29 is 13.2 Å². The van der Waals surface area contributed by atoms with Crippen molar-refractivity contribution in [2.45, 2.75) is 43.0 Å². The highest BCUT2D eigenvalue weighted by Crippen LogP contribution is 2.41. The van der Waals surface area contributed by atoms with Crippen molar-refractivity contribution in [3.8, 4) is 0 Å². The molecule has 4 rings (SSSR count). The number of sulfone groups is 1. The number of nitrogens with one attached hydrogen (secondary N) is 1. The van der Waals surface area contributed by atoms with E-state index in [0.717, 1.165) is 56.8 Å². The Morgan fingerprint density at radius 1 is 1.22 bits per heavy atom. The van der Waals surface area contributed by atoms with E-state index in [2.05, 4.69) is 14.9 Å². The van der Waals surface area contributed by atoms with E-state index in [0.29, 0.717) is 11.3 Å². The van der Waals surface area contributed by atoms with Gasteiger partial charge in [-0.3, -0.25) is 4.90 Å². The van der Waals surface area contributed by atoms with Gasteiger partial charge < -0.3 is 9.72 Å². The minimum absolute atomic E-state index is 0.112. The van der Waals surface area contributed by atoms with E-state index in [9.17, 15) is 8.42 Å². The number of nitrogens with zero attached hydrogens (tertiary/aromatic N) is 2. The summed E-state index contributed by atoms with van der Waals surface area (Å²) in [6, 6.07) is 7.13. The Balaban J connectivity index is 1.47. The summed E-state index contributed by atoms with van der Waals surface area (Å²) in [4.78, 5) is 10.8. The lowest BCUT2D eigenvalue weighted by atomic mass is 9.80. The van der Waals surface area contributed by atoms with Gasteiger partial charge in [-0.2, -0.15) is 0 Å². The van der Waals surface area contributed by atoms with Crippen LogP contribution in [-0.4, -0.2) is 55.3 Å². The fraction of sp³-hybridized carbons (Fsp3) is 0.550. The standard InChI is InChI=1S/C20H27N3O3S/c1-16-3-5-17(6-4-16)27(24,25)14-2-10-23-11-7-18-19(22-15-21-18)20(23)8-12-26-13-9-20/h3-6,15H,2,7-14H2,1H3,(H,21,22). The molecule has 1 saturated heterocycles. The Kier molecular flexibility index (Phi) is 5.09. The molecule has 2 aliphatic heterocycles. The van der Waals surface area contributed by atoms with Gasteiger partial charge in [-0.1, -0.05) is 17.7 Å². The Hall–Kier alpha value is -1.70. The second-order valence-electron chi connectivity index (χ2n) is 7.60. The van der Waals surface area contributed by atoms with Crippen molar-refractivity contribution in [3.05, 3.63) is 47.5 Å². The van der Waals surface area contributed by atoms with Crippen LogP contribution in [0, 0.1) is 6.92 Å². The molecule has 1 aromatic heterocycles. The van der Waals surface area contributed by atoms with E-state index in [4.69, 9.17) is 4.74 Å². The van der Waals surface area contributed by atoms with Crippen LogP contribution in [0.3, 0.4) is 0 Å². The van der Waals surface area contributed by atoms with Gasteiger partial charge in [-0.25, -0.2) is 13.4 Å². The van der Waals surface area contributed by atoms with Crippen LogP contribution in [0.25, 0.3) is 0 Å². The van der Waals surface area contributed by atoms with Crippen LogP contribution < -0.4 is 0 Å². The lowest BCUT2D eigenvalue weighted by Crippen LogP contribution is -2.54. The lowest BCUT2D eigenvalue weighted by molar-refractivity contribution is -0.0406. The van der Waals surface area contributed by atoms with Crippen molar-refractivity contribution in [1.29, 1.82) is 0 Å². The van der Waals surface area contributed by atoms with Crippen LogP contribution in [-0.2, 0) is 26.5 Å². The summed E-state index contributed by atoms with van der Waals surface area (Å²) in [6.45, 7) is 5.11. The average Bonchev–Trinajstić information content (AvgIpc) is 3.15. The molecule has 0 bridgehead atoms. The largest absolute Gasteiger partial charge is 0.381 e. The summed E-state index contributed by atoms with van der Waals surface area (Å²) in [5, 5.41) is 0. The first-order valence-electron chi connectivity index (χ1n) is 9.66. The Bertz CT molecular complexity index is 883. The summed E-state index contributed by atoms with van der Waals surface area (Å²) >= 11 is 0. The first kappa shape index (κ1) is 18.7. The molecule has 7 heteroatoms. The third-order valence-electron chi connectivity index (χ3n) is 5.94. The van der Waals surface area contributed by atoms with Crippen molar-refractivity contribution in [1.82, 2.24) is 14.9 Å². The number of hydrogen-bond donors (Lipinski definition) is 1. The van der Waals surface area contributed by atoms with Crippen LogP contribution >= 0.6 is 0 Å². The van der Waals surface area contributed by atoms with Gasteiger partial charge >= 0.3 is 0 Å². The first-order valence-corrected chi connectivity index (χ1v) is 11.3. The normalized spacial score (nSPS) is 19.9. The maximum absolute atomic E-state index is 12.7. The summed E-state index contributed by atoms with van der Waals surface area (Å²) in [6.07, 6.45) is 5.17. The number of hydrogen-bond acceptors (Lipinski definition) is 5. The molecule has 1 N–H and O–H groups in total. The van der Waals surface area contributed by atoms with Crippen LogP contribution in [0.5, 0.6) is 0 Å². The van der Waals surface area contributed by atoms with Crippen LogP contribution in [0.4, 0.5) is 0 Å². The van der Waals surface area contributed by atoms with Gasteiger partial charge in [0.1, 0.15) is 0 Å². The molecule has 2 aliphatic rings. The second-order valence-corrected chi connectivity index (χ2v) is 9.71. The maximum atomic E-state index is 12.7. The quantitative estimate of drug-likeness (QED) is 0.850. The summed E-state index contributed by atoms with van der Waals surface area (Å²) in [5.74, 6) is 0.173. The molecule has 6 nitrogen and oxygen atoms in total. The molecule has 0 aliphatic carbocycles.